The SMILES string of the molecule is Cc1cc(Cl)ccc1OC(C)C(=O)N1CCC(C)C1CO. The third kappa shape index (κ3) is 3.50. The molecule has 1 aliphatic heterocycles. The van der Waals surface area contributed by atoms with Crippen molar-refractivity contribution in [2.45, 2.75) is 39.3 Å². The molecule has 1 saturated heterocycles. The van der Waals surface area contributed by atoms with Gasteiger partial charge >= 0.3 is 0 Å². The summed E-state index contributed by atoms with van der Waals surface area (Å²) in [4.78, 5) is 14.2. The van der Waals surface area contributed by atoms with Crippen LogP contribution in [0.3, 0.4) is 0 Å². The Morgan fingerprint density at radius 3 is 2.90 bits per heavy atom. The Morgan fingerprint density at radius 1 is 1.57 bits per heavy atom. The Morgan fingerprint density at radius 2 is 2.29 bits per heavy atom. The number of nitrogens with zero attached hydrogens (tertiary/aromatic N) is 1. The van der Waals surface area contributed by atoms with Gasteiger partial charge in [0, 0.05) is 11.6 Å². The van der Waals surface area contributed by atoms with Crippen molar-refractivity contribution < 1.29 is 14.6 Å². The molecule has 0 radical (unpaired) electrons. The quantitative estimate of drug-likeness (QED) is 0.930. The minimum atomic E-state index is -0.579. The third-order valence-electron chi connectivity index (χ3n) is 4.14. The molecule has 1 N–H and O–H groups in total. The summed E-state index contributed by atoms with van der Waals surface area (Å²) in [6, 6.07) is 5.23. The van der Waals surface area contributed by atoms with Crippen LogP contribution < -0.4 is 4.74 Å². The summed E-state index contributed by atoms with van der Waals surface area (Å²) in [7, 11) is 0. The lowest BCUT2D eigenvalue weighted by atomic mass is 10.0. The minimum absolute atomic E-state index is 0.000397. The fourth-order valence-corrected chi connectivity index (χ4v) is 3.01. The van der Waals surface area contributed by atoms with Crippen molar-refractivity contribution in [3.8, 4) is 5.75 Å². The highest BCUT2D eigenvalue weighted by molar-refractivity contribution is 6.30. The zero-order valence-electron chi connectivity index (χ0n) is 12.7. The molecular weight excluding hydrogens is 290 g/mol. The highest BCUT2D eigenvalue weighted by atomic mass is 35.5. The van der Waals surface area contributed by atoms with Crippen LogP contribution in [-0.4, -0.2) is 41.2 Å². The maximum Gasteiger partial charge on any atom is 0.263 e. The second-order valence-electron chi connectivity index (χ2n) is 5.72. The molecule has 1 aromatic rings. The van der Waals surface area contributed by atoms with Gasteiger partial charge in [0.1, 0.15) is 5.75 Å². The number of carbonyl (C=O) groups excluding carboxylic acids is 1. The number of aliphatic hydroxyl groups excluding tert-OH is 1. The number of aryl methyl sites for hydroxylation is 1. The highest BCUT2D eigenvalue weighted by Crippen LogP contribution is 2.26. The molecule has 0 bridgehead atoms. The van der Waals surface area contributed by atoms with Crippen LogP contribution in [0, 0.1) is 12.8 Å². The fourth-order valence-electron chi connectivity index (χ4n) is 2.78. The van der Waals surface area contributed by atoms with Gasteiger partial charge in [-0.1, -0.05) is 18.5 Å². The number of carbonyl (C=O) groups is 1. The standard InChI is InChI=1S/C16H22ClNO3/c1-10-6-7-18(14(10)9-19)16(20)12(3)21-15-5-4-13(17)8-11(15)2/h4-5,8,10,12,14,19H,6-7,9H2,1-3H3. The second-order valence-corrected chi connectivity index (χ2v) is 6.15. The lowest BCUT2D eigenvalue weighted by Crippen LogP contribution is -2.45. The molecule has 0 aromatic heterocycles. The summed E-state index contributed by atoms with van der Waals surface area (Å²) < 4.78 is 5.77. The number of halogens is 1. The first-order valence-electron chi connectivity index (χ1n) is 7.28. The van der Waals surface area contributed by atoms with Gasteiger partial charge in [-0.15, -0.1) is 0 Å². The van der Waals surface area contributed by atoms with E-state index in [4.69, 9.17) is 16.3 Å². The maximum absolute atomic E-state index is 12.5. The highest BCUT2D eigenvalue weighted by Gasteiger charge is 2.36. The van der Waals surface area contributed by atoms with Gasteiger partial charge in [-0.05, 0) is 49.9 Å². The van der Waals surface area contributed by atoms with Crippen molar-refractivity contribution in [3.05, 3.63) is 28.8 Å². The zero-order chi connectivity index (χ0) is 15.6. The number of benzene rings is 1. The summed E-state index contributed by atoms with van der Waals surface area (Å²) in [6.45, 7) is 6.38. The van der Waals surface area contributed by atoms with Gasteiger partial charge in [0.05, 0.1) is 12.6 Å². The number of likely N-dealkylation sites (tertiary alicyclic amines) is 1. The van der Waals surface area contributed by atoms with Crippen molar-refractivity contribution in [2.24, 2.45) is 5.92 Å². The molecule has 3 atom stereocenters. The number of hydrogen-bond donors (Lipinski definition) is 1. The first kappa shape index (κ1) is 16.1. The Bertz CT molecular complexity index is 520. The smallest absolute Gasteiger partial charge is 0.263 e. The normalized spacial score (nSPS) is 23.2. The van der Waals surface area contributed by atoms with Gasteiger partial charge in [0.15, 0.2) is 6.10 Å². The summed E-state index contributed by atoms with van der Waals surface area (Å²) in [6.07, 6.45) is 0.341. The summed E-state index contributed by atoms with van der Waals surface area (Å²) in [5, 5.41) is 10.1. The van der Waals surface area contributed by atoms with E-state index in [0.717, 1.165) is 12.0 Å². The second kappa shape index (κ2) is 6.67. The summed E-state index contributed by atoms with van der Waals surface area (Å²) >= 11 is 5.92. The molecule has 1 amide bonds. The molecule has 116 valence electrons. The predicted octanol–water partition coefficient (Wildman–Crippen LogP) is 2.65. The third-order valence-corrected chi connectivity index (χ3v) is 4.38. The average molecular weight is 312 g/mol. The Hall–Kier alpha value is -1.26. The number of aliphatic hydroxyl groups is 1. The molecule has 4 nitrogen and oxygen atoms in total. The van der Waals surface area contributed by atoms with E-state index < -0.39 is 6.10 Å². The van der Waals surface area contributed by atoms with E-state index >= 15 is 0 Å². The molecule has 1 heterocycles. The fraction of sp³-hybridized carbons (Fsp3) is 0.562. The van der Waals surface area contributed by atoms with Gasteiger partial charge in [-0.25, -0.2) is 0 Å². The molecule has 0 aliphatic carbocycles. The van der Waals surface area contributed by atoms with Crippen LogP contribution >= 0.6 is 11.6 Å². The molecule has 2 rings (SSSR count). The van der Waals surface area contributed by atoms with Crippen LogP contribution in [0.5, 0.6) is 5.75 Å². The van der Waals surface area contributed by atoms with Crippen molar-refractivity contribution in [1.29, 1.82) is 0 Å². The minimum Gasteiger partial charge on any atom is -0.481 e. The first-order chi connectivity index (χ1) is 9.93. The summed E-state index contributed by atoms with van der Waals surface area (Å²) in [5.74, 6) is 0.907. The molecular formula is C16H22ClNO3. The van der Waals surface area contributed by atoms with Crippen LogP contribution in [0.2, 0.25) is 5.02 Å². The van der Waals surface area contributed by atoms with Crippen molar-refractivity contribution in [1.82, 2.24) is 4.90 Å². The lowest BCUT2D eigenvalue weighted by Gasteiger charge is -2.28. The van der Waals surface area contributed by atoms with E-state index in [1.807, 2.05) is 13.0 Å². The van der Waals surface area contributed by atoms with E-state index in [0.29, 0.717) is 23.2 Å². The van der Waals surface area contributed by atoms with Crippen LogP contribution in [0.1, 0.15) is 25.8 Å². The number of amides is 1. The monoisotopic (exact) mass is 311 g/mol. The van der Waals surface area contributed by atoms with Gasteiger partial charge < -0.3 is 14.7 Å². The number of ether oxygens (including phenoxy) is 1. The Labute approximate surface area is 130 Å². The van der Waals surface area contributed by atoms with Crippen molar-refractivity contribution in [3.63, 3.8) is 0 Å². The topological polar surface area (TPSA) is 49.8 Å². The molecule has 5 heteroatoms. The molecule has 0 saturated carbocycles. The zero-order valence-corrected chi connectivity index (χ0v) is 13.4. The van der Waals surface area contributed by atoms with E-state index in [1.165, 1.54) is 0 Å². The van der Waals surface area contributed by atoms with Crippen LogP contribution in [-0.2, 0) is 4.79 Å². The predicted molar refractivity (Wildman–Crippen MR) is 82.6 cm³/mol. The van der Waals surface area contributed by atoms with Crippen molar-refractivity contribution in [2.75, 3.05) is 13.2 Å². The number of hydrogen-bond acceptors (Lipinski definition) is 3. The molecule has 1 fully saturated rings. The molecule has 1 aliphatic rings. The van der Waals surface area contributed by atoms with Crippen LogP contribution in [0.15, 0.2) is 18.2 Å². The van der Waals surface area contributed by atoms with E-state index in [9.17, 15) is 9.90 Å². The largest absolute Gasteiger partial charge is 0.481 e. The van der Waals surface area contributed by atoms with E-state index in [-0.39, 0.29) is 18.6 Å². The molecule has 1 aromatic carbocycles. The van der Waals surface area contributed by atoms with E-state index in [2.05, 4.69) is 6.92 Å². The van der Waals surface area contributed by atoms with E-state index in [1.54, 1.807) is 24.0 Å². The maximum atomic E-state index is 12.5. The first-order valence-corrected chi connectivity index (χ1v) is 7.66. The lowest BCUT2D eigenvalue weighted by molar-refractivity contribution is -0.139. The van der Waals surface area contributed by atoms with Gasteiger partial charge in [-0.3, -0.25) is 4.79 Å². The average Bonchev–Trinajstić information content (AvgIpc) is 2.81. The van der Waals surface area contributed by atoms with Gasteiger partial charge in [0.2, 0.25) is 0 Å². The molecule has 21 heavy (non-hydrogen) atoms. The van der Waals surface area contributed by atoms with Crippen LogP contribution in [0.4, 0.5) is 0 Å². The number of rotatable bonds is 4. The van der Waals surface area contributed by atoms with Crippen molar-refractivity contribution >= 4 is 17.5 Å². The Kier molecular flexibility index (Phi) is 5.12. The summed E-state index contributed by atoms with van der Waals surface area (Å²) in [5.41, 5.74) is 0.899. The molecule has 0 spiro atoms. The molecule has 3 unspecified atom stereocenters. The van der Waals surface area contributed by atoms with Crippen LogP contribution in [0.25, 0.3) is 0 Å². The van der Waals surface area contributed by atoms with Gasteiger partial charge in [0.25, 0.3) is 5.91 Å². The van der Waals surface area contributed by atoms with Gasteiger partial charge in [-0.2, -0.15) is 0 Å². The Balaban J connectivity index is 2.06.